The second-order valence-electron chi connectivity index (χ2n) is 23.2. The zero-order chi connectivity index (χ0) is 51.8. The van der Waals surface area contributed by atoms with Gasteiger partial charge in [-0.05, 0) is 92.0 Å². The molecule has 13 nitrogen and oxygen atoms in total. The smallest absolute Gasteiger partial charge is 0.410 e. The van der Waals surface area contributed by atoms with Crippen LogP contribution < -0.4 is 19.7 Å². The summed E-state index contributed by atoms with van der Waals surface area (Å²) in [5, 5.41) is 4.79. The Morgan fingerprint density at radius 1 is 0.915 bits per heavy atom. The second-order valence-corrected chi connectivity index (χ2v) is 33.6. The molecule has 0 radical (unpaired) electrons. The number of nitrogens with one attached hydrogen (secondary N) is 1. The Labute approximate surface area is 423 Å². The minimum atomic E-state index is -2.34. The number of pyridine rings is 1. The van der Waals surface area contributed by atoms with E-state index in [2.05, 4.69) is 102 Å². The molecule has 17 heteroatoms. The first-order chi connectivity index (χ1) is 33.3. The number of methoxy groups -OCH3 is 1. The first-order valence-electron chi connectivity index (χ1n) is 25.6. The summed E-state index contributed by atoms with van der Waals surface area (Å²) < 4.78 is 65.5. The number of anilines is 1. The fraction of sp³-hybridized carbons (Fsp3) is 0.630. The standard InChI is InChI=1S/C54H79F2N7O6Si2/c1-34(2)71(35(3)4,36(5)6)25-20-42-45(55)19-16-37-26-40(67-33-65-13)27-43(46(37)42)48-47(56)49-44(28-58-48)50(62-29-38-17-18-39(30-62)63(38)52(64)68-53(7,8)9)60-51(59-49)66-32-41(31-61-23-21-57-22-24-61)69-70(14,15)54(10,11)12/h16,19,26-28,34-36,38-39,41,57H,17-18,21-24,29-33H2,1-15H3/t38?,39?,41-/m1/s1. The third-order valence-electron chi connectivity index (χ3n) is 15.3. The zero-order valence-electron chi connectivity index (χ0n) is 45.0. The van der Waals surface area contributed by atoms with E-state index in [0.29, 0.717) is 69.5 Å². The normalized spacial score (nSPS) is 18.7. The van der Waals surface area contributed by atoms with Crippen LogP contribution >= 0.6 is 0 Å². The number of carbonyl (C=O) groups excluding carboxylic acids is 1. The summed E-state index contributed by atoms with van der Waals surface area (Å²) in [7, 11) is -3.09. The van der Waals surface area contributed by atoms with E-state index in [1.165, 1.54) is 13.2 Å². The highest BCUT2D eigenvalue weighted by Crippen LogP contribution is 2.44. The molecule has 0 aliphatic carbocycles. The maximum atomic E-state index is 18.2. The van der Waals surface area contributed by atoms with Gasteiger partial charge in [-0.2, -0.15) is 9.97 Å². The first-order valence-corrected chi connectivity index (χ1v) is 30.8. The largest absolute Gasteiger partial charge is 0.468 e. The number of hydrogen-bond acceptors (Lipinski definition) is 12. The van der Waals surface area contributed by atoms with E-state index in [1.807, 2.05) is 25.7 Å². The van der Waals surface area contributed by atoms with Crippen LogP contribution in [0.2, 0.25) is 34.8 Å². The lowest BCUT2D eigenvalue weighted by Gasteiger charge is -2.42. The summed E-state index contributed by atoms with van der Waals surface area (Å²) in [6.45, 7) is 35.1. The molecule has 1 amide bonds. The van der Waals surface area contributed by atoms with E-state index in [0.717, 1.165) is 39.0 Å². The Hall–Kier alpha value is -4.45. The average molecular weight is 1020 g/mol. The topological polar surface area (TPSA) is 124 Å². The number of amides is 1. The summed E-state index contributed by atoms with van der Waals surface area (Å²) >= 11 is 0. The van der Waals surface area contributed by atoms with E-state index in [-0.39, 0.29) is 65.5 Å². The minimum absolute atomic E-state index is 0.00728. The van der Waals surface area contributed by atoms with Gasteiger partial charge in [0, 0.05) is 70.1 Å². The number of nitrogens with zero attached hydrogens (tertiary/aromatic N) is 6. The number of rotatable bonds is 15. The number of hydrogen-bond donors (Lipinski definition) is 1. The van der Waals surface area contributed by atoms with Crippen molar-refractivity contribution in [2.45, 2.75) is 154 Å². The summed E-state index contributed by atoms with van der Waals surface area (Å²) in [5.74, 6) is 2.97. The summed E-state index contributed by atoms with van der Waals surface area (Å²) in [5.41, 5.74) is 4.38. The molecule has 0 saturated carbocycles. The van der Waals surface area contributed by atoms with Gasteiger partial charge in [0.05, 0.1) is 29.1 Å². The van der Waals surface area contributed by atoms with Crippen molar-refractivity contribution in [3.8, 4) is 34.5 Å². The van der Waals surface area contributed by atoms with Crippen molar-refractivity contribution >= 4 is 50.0 Å². The highest BCUT2D eigenvalue weighted by molar-refractivity contribution is 6.90. The van der Waals surface area contributed by atoms with E-state index >= 15 is 8.78 Å². The SMILES string of the molecule is COCOc1cc(-c2ncc3c(N4CC5CCC(C4)N5C(=O)OC(C)(C)C)nc(OC[C@@H](CN4CCNCC4)O[Si](C)(C)C(C)(C)C)nc3c2F)c2c(C#C[Si](C(C)C)(C(C)C)C(C)C)c(F)ccc2c1. The molecule has 2 unspecified atom stereocenters. The van der Waals surface area contributed by atoms with Gasteiger partial charge in [-0.3, -0.25) is 14.8 Å². The fourth-order valence-electron chi connectivity index (χ4n) is 10.8. The second kappa shape index (κ2) is 21.6. The number of carbonyl (C=O) groups is 1. The third-order valence-corrected chi connectivity index (χ3v) is 26.1. The highest BCUT2D eigenvalue weighted by atomic mass is 28.4. The van der Waals surface area contributed by atoms with E-state index in [1.54, 1.807) is 24.4 Å². The molecule has 2 aromatic heterocycles. The molecule has 3 aliphatic rings. The van der Waals surface area contributed by atoms with Crippen molar-refractivity contribution in [3.05, 3.63) is 47.7 Å². The van der Waals surface area contributed by atoms with Gasteiger partial charge >= 0.3 is 12.1 Å². The molecule has 3 saturated heterocycles. The number of halogens is 2. The molecule has 1 N–H and O–H groups in total. The first kappa shape index (κ1) is 54.3. The molecule has 4 aromatic rings. The summed E-state index contributed by atoms with van der Waals surface area (Å²) in [4.78, 5) is 34.7. The molecular weight excluding hydrogens is 937 g/mol. The predicted molar refractivity (Wildman–Crippen MR) is 285 cm³/mol. The molecule has 7 rings (SSSR count). The highest BCUT2D eigenvalue weighted by Gasteiger charge is 2.46. The molecule has 3 aliphatic heterocycles. The van der Waals surface area contributed by atoms with Crippen LogP contribution in [0.4, 0.5) is 19.4 Å². The van der Waals surface area contributed by atoms with E-state index in [4.69, 9.17) is 38.3 Å². The van der Waals surface area contributed by atoms with Crippen LogP contribution in [0.15, 0.2) is 30.5 Å². The van der Waals surface area contributed by atoms with Crippen molar-refractivity contribution < 1.29 is 36.9 Å². The van der Waals surface area contributed by atoms with E-state index in [9.17, 15) is 4.79 Å². The lowest BCUT2D eigenvalue weighted by Crippen LogP contribution is -2.57. The van der Waals surface area contributed by atoms with Gasteiger partial charge in [-0.15, -0.1) is 5.54 Å². The van der Waals surface area contributed by atoms with Gasteiger partial charge < -0.3 is 33.6 Å². The molecular formula is C54H79F2N7O6Si2. The Bertz CT molecular complexity index is 2590. The van der Waals surface area contributed by atoms with E-state index < -0.39 is 33.6 Å². The lowest BCUT2D eigenvalue weighted by atomic mass is 9.95. The number of piperazine rings is 2. The van der Waals surface area contributed by atoms with Gasteiger partial charge in [0.25, 0.3) is 0 Å². The number of aromatic nitrogens is 3. The van der Waals surface area contributed by atoms with Crippen LogP contribution in [0.1, 0.15) is 101 Å². The van der Waals surface area contributed by atoms with Gasteiger partial charge in [-0.25, -0.2) is 13.6 Å². The minimum Gasteiger partial charge on any atom is -0.468 e. The zero-order valence-corrected chi connectivity index (χ0v) is 47.0. The van der Waals surface area contributed by atoms with Gasteiger partial charge in [-0.1, -0.05) is 74.3 Å². The quantitative estimate of drug-likeness (QED) is 0.0693. The monoisotopic (exact) mass is 1020 g/mol. The number of fused-ring (bicyclic) bond motifs is 4. The maximum Gasteiger partial charge on any atom is 0.410 e. The van der Waals surface area contributed by atoms with Gasteiger partial charge in [0.2, 0.25) is 0 Å². The third kappa shape index (κ3) is 11.7. The Morgan fingerprint density at radius 2 is 1.56 bits per heavy atom. The lowest BCUT2D eigenvalue weighted by molar-refractivity contribution is 0.0122. The molecule has 388 valence electrons. The van der Waals surface area contributed by atoms with Crippen LogP contribution in [0.5, 0.6) is 11.8 Å². The van der Waals surface area contributed by atoms with Crippen molar-refractivity contribution in [1.29, 1.82) is 0 Å². The molecule has 71 heavy (non-hydrogen) atoms. The van der Waals surface area contributed by atoms with Crippen LogP contribution in [0.25, 0.3) is 32.9 Å². The molecule has 0 spiro atoms. The van der Waals surface area contributed by atoms with Crippen molar-refractivity contribution in [2.75, 3.05) is 71.2 Å². The predicted octanol–water partition coefficient (Wildman–Crippen LogP) is 10.9. The average Bonchev–Trinajstić information content (AvgIpc) is 3.56. The van der Waals surface area contributed by atoms with Crippen molar-refractivity contribution in [1.82, 2.24) is 30.1 Å². The van der Waals surface area contributed by atoms with Crippen LogP contribution in [0.3, 0.4) is 0 Å². The molecule has 3 atom stereocenters. The number of benzene rings is 2. The van der Waals surface area contributed by atoms with Crippen molar-refractivity contribution in [2.24, 2.45) is 0 Å². The molecule has 3 fully saturated rings. The fourth-order valence-corrected chi connectivity index (χ4v) is 17.3. The summed E-state index contributed by atoms with van der Waals surface area (Å²) in [6.07, 6.45) is 2.50. The van der Waals surface area contributed by atoms with Crippen LogP contribution in [-0.4, -0.2) is 137 Å². The van der Waals surface area contributed by atoms with Gasteiger partial charge in [0.15, 0.2) is 20.9 Å². The van der Waals surface area contributed by atoms with Gasteiger partial charge in [0.1, 0.15) is 48.9 Å². The Kier molecular flexibility index (Phi) is 16.5. The summed E-state index contributed by atoms with van der Waals surface area (Å²) in [6, 6.07) is 6.22. The van der Waals surface area contributed by atoms with Crippen LogP contribution in [0, 0.1) is 23.1 Å². The maximum absolute atomic E-state index is 18.2. The Balaban J connectivity index is 1.40. The molecule has 2 bridgehead atoms. The van der Waals surface area contributed by atoms with Crippen molar-refractivity contribution in [3.63, 3.8) is 0 Å². The molecule has 2 aromatic carbocycles. The number of ether oxygens (including phenoxy) is 4. The van der Waals surface area contributed by atoms with Crippen LogP contribution in [-0.2, 0) is 13.9 Å². The Morgan fingerprint density at radius 3 is 2.15 bits per heavy atom. The molecule has 5 heterocycles.